The Morgan fingerprint density at radius 2 is 1.96 bits per heavy atom. The first-order valence-electron chi connectivity index (χ1n) is 9.20. The molecule has 1 aromatic carbocycles. The van der Waals surface area contributed by atoms with Crippen molar-refractivity contribution in [1.82, 2.24) is 9.80 Å². The van der Waals surface area contributed by atoms with Crippen LogP contribution in [0.5, 0.6) is 0 Å². The van der Waals surface area contributed by atoms with Crippen molar-refractivity contribution in [2.75, 3.05) is 19.6 Å². The van der Waals surface area contributed by atoms with E-state index >= 15 is 0 Å². The lowest BCUT2D eigenvalue weighted by Gasteiger charge is -2.41. The van der Waals surface area contributed by atoms with Crippen LogP contribution in [0, 0.1) is 0 Å². The lowest BCUT2D eigenvalue weighted by Crippen LogP contribution is -2.59. The molecule has 1 aromatic rings. The van der Waals surface area contributed by atoms with Crippen LogP contribution >= 0.6 is 0 Å². The Labute approximate surface area is 149 Å². The van der Waals surface area contributed by atoms with E-state index in [1.165, 1.54) is 23.6 Å². The highest BCUT2D eigenvalue weighted by atomic mass is 16.3. The molecule has 1 fully saturated rings. The van der Waals surface area contributed by atoms with Crippen LogP contribution in [0.15, 0.2) is 18.2 Å². The molecule has 0 bridgehead atoms. The van der Waals surface area contributed by atoms with Gasteiger partial charge in [0.1, 0.15) is 0 Å². The van der Waals surface area contributed by atoms with E-state index in [0.29, 0.717) is 38.4 Å². The normalized spacial score (nSPS) is 23.6. The Bertz CT molecular complexity index is 686. The van der Waals surface area contributed by atoms with Crippen molar-refractivity contribution in [1.29, 1.82) is 0 Å². The monoisotopic (exact) mass is 344 g/mol. The highest BCUT2D eigenvalue weighted by Gasteiger charge is 2.44. The quantitative estimate of drug-likeness (QED) is 0.893. The molecule has 1 atom stereocenters. The number of carbonyl (C=O) groups is 2. The van der Waals surface area contributed by atoms with Gasteiger partial charge in [-0.05, 0) is 41.9 Å². The van der Waals surface area contributed by atoms with Gasteiger partial charge in [0.25, 0.3) is 5.91 Å². The van der Waals surface area contributed by atoms with Crippen LogP contribution in [0.2, 0.25) is 0 Å². The third kappa shape index (κ3) is 3.43. The molecule has 0 saturated carbocycles. The number of aliphatic hydroxyl groups is 1. The van der Waals surface area contributed by atoms with E-state index in [9.17, 15) is 14.7 Å². The van der Waals surface area contributed by atoms with Gasteiger partial charge in [-0.1, -0.05) is 32.0 Å². The van der Waals surface area contributed by atoms with E-state index in [4.69, 9.17) is 0 Å². The first-order valence-corrected chi connectivity index (χ1v) is 9.20. The fraction of sp³-hybridized carbons (Fsp3) is 0.600. The predicted molar refractivity (Wildman–Crippen MR) is 96.1 cm³/mol. The van der Waals surface area contributed by atoms with Crippen LogP contribution in [0.3, 0.4) is 0 Å². The van der Waals surface area contributed by atoms with Gasteiger partial charge in [-0.15, -0.1) is 0 Å². The summed E-state index contributed by atoms with van der Waals surface area (Å²) in [6, 6.07) is 6.29. The molecule has 0 radical (unpaired) electrons. The summed E-state index contributed by atoms with van der Waals surface area (Å²) >= 11 is 0. The number of rotatable bonds is 2. The summed E-state index contributed by atoms with van der Waals surface area (Å²) in [5.74, 6) is 0.138. The minimum Gasteiger partial charge on any atom is -0.378 e. The Morgan fingerprint density at radius 1 is 1.20 bits per heavy atom. The molecular weight excluding hydrogens is 316 g/mol. The van der Waals surface area contributed by atoms with E-state index < -0.39 is 5.60 Å². The molecule has 5 nitrogen and oxygen atoms in total. The molecule has 1 N–H and O–H groups in total. The summed E-state index contributed by atoms with van der Waals surface area (Å²) in [6.45, 7) is 7.75. The minimum absolute atomic E-state index is 0.0866. The Kier molecular flexibility index (Phi) is 4.87. The van der Waals surface area contributed by atoms with Gasteiger partial charge in [-0.3, -0.25) is 9.59 Å². The molecule has 2 amide bonds. The van der Waals surface area contributed by atoms with Gasteiger partial charge in [0.2, 0.25) is 5.91 Å². The third-order valence-corrected chi connectivity index (χ3v) is 5.53. The number of likely N-dealkylation sites (tertiary alicyclic amines) is 1. The fourth-order valence-corrected chi connectivity index (χ4v) is 4.13. The molecule has 0 spiro atoms. The highest BCUT2D eigenvalue weighted by Crippen LogP contribution is 2.30. The van der Waals surface area contributed by atoms with E-state index in [1.807, 2.05) is 0 Å². The average molecular weight is 344 g/mol. The second-order valence-corrected chi connectivity index (χ2v) is 7.69. The minimum atomic E-state index is -1.45. The lowest BCUT2D eigenvalue weighted by atomic mass is 9.87. The van der Waals surface area contributed by atoms with Crippen molar-refractivity contribution in [3.05, 3.63) is 34.9 Å². The molecule has 25 heavy (non-hydrogen) atoms. The standard InChI is InChI=1S/C20H28N2O3/c1-14(2)17-7-4-6-16-12-21(11-8-18(16)17)19(24)20(25)9-5-10-22(13-20)15(3)23/h4,6-7,14,25H,5,8-13H2,1-3H3/t20-/m0/s1. The maximum Gasteiger partial charge on any atom is 0.256 e. The summed E-state index contributed by atoms with van der Waals surface area (Å²) in [5, 5.41) is 10.9. The van der Waals surface area contributed by atoms with Crippen molar-refractivity contribution in [3.8, 4) is 0 Å². The zero-order valence-electron chi connectivity index (χ0n) is 15.4. The number of carbonyl (C=O) groups excluding carboxylic acids is 2. The second kappa shape index (κ2) is 6.79. The molecule has 1 saturated heterocycles. The van der Waals surface area contributed by atoms with Gasteiger partial charge >= 0.3 is 0 Å². The van der Waals surface area contributed by atoms with Gasteiger partial charge in [0, 0.05) is 26.6 Å². The largest absolute Gasteiger partial charge is 0.378 e. The van der Waals surface area contributed by atoms with Crippen LogP contribution in [0.4, 0.5) is 0 Å². The number of amides is 2. The number of hydrogen-bond donors (Lipinski definition) is 1. The molecule has 136 valence electrons. The highest BCUT2D eigenvalue weighted by molar-refractivity contribution is 5.86. The summed E-state index contributed by atoms with van der Waals surface area (Å²) in [5.41, 5.74) is 2.43. The summed E-state index contributed by atoms with van der Waals surface area (Å²) in [4.78, 5) is 28.0. The Hall–Kier alpha value is -1.88. The van der Waals surface area contributed by atoms with Crippen molar-refractivity contribution in [3.63, 3.8) is 0 Å². The number of benzene rings is 1. The average Bonchev–Trinajstić information content (AvgIpc) is 2.59. The number of fused-ring (bicyclic) bond motifs is 1. The van der Waals surface area contributed by atoms with Crippen molar-refractivity contribution >= 4 is 11.8 Å². The van der Waals surface area contributed by atoms with Gasteiger partial charge in [-0.2, -0.15) is 0 Å². The third-order valence-electron chi connectivity index (χ3n) is 5.53. The summed E-state index contributed by atoms with van der Waals surface area (Å²) in [6.07, 6.45) is 1.90. The van der Waals surface area contributed by atoms with Crippen LogP contribution < -0.4 is 0 Å². The number of β-amino-alcohol motifs (C(OH)–C–C–N with tert-alkyl or cyclic N) is 1. The molecule has 3 rings (SSSR count). The molecule has 0 unspecified atom stereocenters. The Balaban J connectivity index is 1.78. The van der Waals surface area contributed by atoms with Crippen molar-refractivity contribution in [2.24, 2.45) is 0 Å². The lowest BCUT2D eigenvalue weighted by molar-refractivity contribution is -0.160. The van der Waals surface area contributed by atoms with Crippen LogP contribution in [-0.2, 0) is 22.6 Å². The molecule has 2 heterocycles. The maximum atomic E-state index is 13.0. The van der Waals surface area contributed by atoms with E-state index in [-0.39, 0.29) is 18.4 Å². The first-order chi connectivity index (χ1) is 11.8. The van der Waals surface area contributed by atoms with Crippen LogP contribution in [0.25, 0.3) is 0 Å². The molecule has 5 heteroatoms. The van der Waals surface area contributed by atoms with E-state index in [0.717, 1.165) is 6.42 Å². The van der Waals surface area contributed by atoms with Gasteiger partial charge in [0.05, 0.1) is 6.54 Å². The molecular formula is C20H28N2O3. The van der Waals surface area contributed by atoms with Gasteiger partial charge in [0.15, 0.2) is 5.60 Å². The molecule has 0 aliphatic carbocycles. The summed E-state index contributed by atoms with van der Waals surface area (Å²) < 4.78 is 0. The summed E-state index contributed by atoms with van der Waals surface area (Å²) in [7, 11) is 0. The molecule has 2 aliphatic rings. The van der Waals surface area contributed by atoms with Crippen molar-refractivity contribution in [2.45, 2.75) is 58.1 Å². The smallest absolute Gasteiger partial charge is 0.256 e. The zero-order valence-corrected chi connectivity index (χ0v) is 15.4. The van der Waals surface area contributed by atoms with Crippen molar-refractivity contribution < 1.29 is 14.7 Å². The molecule has 2 aliphatic heterocycles. The maximum absolute atomic E-state index is 13.0. The van der Waals surface area contributed by atoms with Crippen LogP contribution in [-0.4, -0.2) is 52.0 Å². The zero-order chi connectivity index (χ0) is 18.2. The fourth-order valence-electron chi connectivity index (χ4n) is 4.13. The van der Waals surface area contributed by atoms with E-state index in [2.05, 4.69) is 32.0 Å². The topological polar surface area (TPSA) is 60.9 Å². The number of hydrogen-bond acceptors (Lipinski definition) is 3. The van der Waals surface area contributed by atoms with E-state index in [1.54, 1.807) is 9.80 Å². The second-order valence-electron chi connectivity index (χ2n) is 7.69. The van der Waals surface area contributed by atoms with Gasteiger partial charge < -0.3 is 14.9 Å². The SMILES string of the molecule is CC(=O)N1CCC[C@@](O)(C(=O)N2CCc3c(cccc3C(C)C)C2)C1. The first kappa shape index (κ1) is 17.9. The predicted octanol–water partition coefficient (Wildman–Crippen LogP) is 2.07. The molecule has 0 aromatic heterocycles. The number of nitrogens with zero attached hydrogens (tertiary/aromatic N) is 2. The number of piperidine rings is 1. The van der Waals surface area contributed by atoms with Gasteiger partial charge in [-0.25, -0.2) is 0 Å². The van der Waals surface area contributed by atoms with Crippen LogP contribution in [0.1, 0.15) is 56.2 Å². The Morgan fingerprint density at radius 3 is 2.64 bits per heavy atom.